The van der Waals surface area contributed by atoms with Crippen LogP contribution < -0.4 is 4.90 Å². The quantitative estimate of drug-likeness (QED) is 0.182. The molecule has 0 bridgehead atoms. The molecule has 4 aromatic carbocycles. The van der Waals surface area contributed by atoms with E-state index in [9.17, 15) is 15.8 Å². The predicted octanol–water partition coefficient (Wildman–Crippen LogP) is 10.8. The Bertz CT molecular complexity index is 2520. The van der Waals surface area contributed by atoms with Crippen molar-refractivity contribution in [3.05, 3.63) is 167 Å². The molecule has 1 aliphatic heterocycles. The second-order valence-corrected chi connectivity index (χ2v) is 12.9. The zero-order valence-electron chi connectivity index (χ0n) is 28.2. The molecule has 51 heavy (non-hydrogen) atoms. The Morgan fingerprint density at radius 3 is 2.39 bits per heavy atom. The summed E-state index contributed by atoms with van der Waals surface area (Å²) in [5, 5.41) is 30.5. The molecule has 2 aliphatic carbocycles. The molecule has 5 aromatic rings. The molecule has 0 N–H and O–H groups in total. The zero-order chi connectivity index (χ0) is 35.1. The Balaban J connectivity index is 1.29. The maximum Gasteiger partial charge on any atom is 0.102 e. The number of rotatable bonds is 6. The highest BCUT2D eigenvalue weighted by atomic mass is 15.2. The molecule has 2 unspecified atom stereocenters. The summed E-state index contributed by atoms with van der Waals surface area (Å²) in [5.41, 5.74) is 14.0. The Hall–Kier alpha value is -6.87. The third-order valence-corrected chi connectivity index (χ3v) is 10.2. The van der Waals surface area contributed by atoms with Gasteiger partial charge in [-0.15, -0.1) is 0 Å². The van der Waals surface area contributed by atoms with Crippen LogP contribution in [0.2, 0.25) is 0 Å². The SMILES string of the molecule is C=Cc1c2c(n(-c3ccc(C#N)cc3-c3cccc(-c4cccc(N5c6ccccc6C6C=C(C#N)C=CC65)c4C#N)c3)c1/C=C\C)CCC=C2. The lowest BCUT2D eigenvalue weighted by Crippen LogP contribution is -2.29. The Morgan fingerprint density at radius 2 is 1.61 bits per heavy atom. The van der Waals surface area contributed by atoms with Gasteiger partial charge in [-0.25, -0.2) is 0 Å². The van der Waals surface area contributed by atoms with Gasteiger partial charge in [0.1, 0.15) is 6.07 Å². The molecule has 0 saturated carbocycles. The van der Waals surface area contributed by atoms with Crippen molar-refractivity contribution in [1.29, 1.82) is 15.8 Å². The Kier molecular flexibility index (Phi) is 7.92. The molecular formula is C46H33N5. The number of aromatic nitrogens is 1. The van der Waals surface area contributed by atoms with E-state index in [1.54, 1.807) is 0 Å². The van der Waals surface area contributed by atoms with Gasteiger partial charge in [0.2, 0.25) is 0 Å². The maximum atomic E-state index is 10.8. The van der Waals surface area contributed by atoms with Crippen molar-refractivity contribution in [1.82, 2.24) is 4.57 Å². The van der Waals surface area contributed by atoms with Gasteiger partial charge in [-0.3, -0.25) is 0 Å². The number of nitriles is 3. The molecule has 0 fully saturated rings. The third kappa shape index (κ3) is 5.06. The van der Waals surface area contributed by atoms with Gasteiger partial charge in [0.15, 0.2) is 0 Å². The molecule has 5 nitrogen and oxygen atoms in total. The van der Waals surface area contributed by atoms with Crippen molar-refractivity contribution in [2.75, 3.05) is 4.90 Å². The summed E-state index contributed by atoms with van der Waals surface area (Å²) in [4.78, 5) is 2.24. The van der Waals surface area contributed by atoms with Crippen molar-refractivity contribution >= 4 is 29.6 Å². The van der Waals surface area contributed by atoms with Crippen LogP contribution in [-0.4, -0.2) is 10.6 Å². The van der Waals surface area contributed by atoms with Crippen LogP contribution in [-0.2, 0) is 6.42 Å². The maximum absolute atomic E-state index is 10.8. The summed E-state index contributed by atoms with van der Waals surface area (Å²) < 4.78 is 2.32. The van der Waals surface area contributed by atoms with Gasteiger partial charge in [-0.05, 0) is 85.0 Å². The van der Waals surface area contributed by atoms with E-state index in [2.05, 4.69) is 88.9 Å². The number of fused-ring (bicyclic) bond motifs is 4. The lowest BCUT2D eigenvalue weighted by molar-refractivity contribution is 0.741. The molecule has 2 atom stereocenters. The Morgan fingerprint density at radius 1 is 0.804 bits per heavy atom. The normalized spacial score (nSPS) is 16.8. The van der Waals surface area contributed by atoms with Crippen LogP contribution in [0.15, 0.2) is 127 Å². The predicted molar refractivity (Wildman–Crippen MR) is 206 cm³/mol. The first kappa shape index (κ1) is 31.4. The summed E-state index contributed by atoms with van der Waals surface area (Å²) in [6.45, 7) is 6.19. The number of anilines is 2. The Labute approximate surface area is 298 Å². The van der Waals surface area contributed by atoms with Crippen LogP contribution in [0.4, 0.5) is 11.4 Å². The topological polar surface area (TPSA) is 79.5 Å². The van der Waals surface area contributed by atoms with Crippen LogP contribution in [0.3, 0.4) is 0 Å². The van der Waals surface area contributed by atoms with Gasteiger partial charge in [0.05, 0.1) is 46.4 Å². The van der Waals surface area contributed by atoms with E-state index >= 15 is 0 Å². The molecule has 0 spiro atoms. The summed E-state index contributed by atoms with van der Waals surface area (Å²) >= 11 is 0. The monoisotopic (exact) mass is 655 g/mol. The first-order valence-electron chi connectivity index (χ1n) is 17.2. The standard InChI is InChI=1S/C46H33N5/c1-3-11-41-34(4-2)36-14-5-7-17-42(36)50(41)45-22-20-30(27-47)24-38(45)33-13-9-12-32(26-33)35-16-10-19-44(40(35)29-49)51-43-18-8-6-15-37(43)39-25-31(28-48)21-23-46(39)51/h3-6,8-16,18-26,39,46H,2,7,17H2,1H3/b11-3-. The molecule has 242 valence electrons. The van der Waals surface area contributed by atoms with E-state index in [0.717, 1.165) is 69.0 Å². The minimum Gasteiger partial charge on any atom is -0.332 e. The fourth-order valence-corrected chi connectivity index (χ4v) is 8.03. The highest BCUT2D eigenvalue weighted by Crippen LogP contribution is 2.50. The van der Waals surface area contributed by atoms with Gasteiger partial charge in [0, 0.05) is 45.1 Å². The second-order valence-electron chi connectivity index (χ2n) is 12.9. The number of hydrogen-bond acceptors (Lipinski definition) is 4. The van der Waals surface area contributed by atoms with E-state index in [4.69, 9.17) is 0 Å². The highest BCUT2D eigenvalue weighted by molar-refractivity contribution is 5.88. The van der Waals surface area contributed by atoms with Gasteiger partial charge >= 0.3 is 0 Å². The zero-order valence-corrected chi connectivity index (χ0v) is 28.2. The number of allylic oxidation sites excluding steroid dienone is 4. The van der Waals surface area contributed by atoms with E-state index in [1.165, 1.54) is 11.3 Å². The van der Waals surface area contributed by atoms with Crippen molar-refractivity contribution in [3.8, 4) is 46.1 Å². The lowest BCUT2D eigenvalue weighted by Gasteiger charge is -2.30. The van der Waals surface area contributed by atoms with Crippen molar-refractivity contribution < 1.29 is 0 Å². The van der Waals surface area contributed by atoms with E-state index in [-0.39, 0.29) is 12.0 Å². The first-order valence-corrected chi connectivity index (χ1v) is 17.2. The summed E-state index contributed by atoms with van der Waals surface area (Å²) in [7, 11) is 0. The summed E-state index contributed by atoms with van der Waals surface area (Å²) in [5.74, 6) is 0.00850. The number of hydrogen-bond donors (Lipinski definition) is 0. The number of nitrogens with zero attached hydrogens (tertiary/aromatic N) is 5. The van der Waals surface area contributed by atoms with Crippen molar-refractivity contribution in [2.24, 2.45) is 0 Å². The van der Waals surface area contributed by atoms with E-state index in [1.807, 2.05) is 85.8 Å². The molecular weight excluding hydrogens is 623 g/mol. The largest absolute Gasteiger partial charge is 0.332 e. The van der Waals surface area contributed by atoms with Gasteiger partial charge in [0.25, 0.3) is 0 Å². The lowest BCUT2D eigenvalue weighted by atomic mass is 9.88. The molecule has 0 saturated heterocycles. The van der Waals surface area contributed by atoms with Gasteiger partial charge < -0.3 is 9.47 Å². The molecule has 5 heteroatoms. The van der Waals surface area contributed by atoms with Crippen molar-refractivity contribution in [2.45, 2.75) is 31.7 Å². The van der Waals surface area contributed by atoms with Gasteiger partial charge in [-0.2, -0.15) is 15.8 Å². The highest BCUT2D eigenvalue weighted by Gasteiger charge is 2.39. The van der Waals surface area contributed by atoms with Crippen LogP contribution in [0, 0.1) is 34.0 Å². The smallest absolute Gasteiger partial charge is 0.102 e. The summed E-state index contributed by atoms with van der Waals surface area (Å²) in [6.07, 6.45) is 18.4. The van der Waals surface area contributed by atoms with E-state index in [0.29, 0.717) is 16.7 Å². The minimum atomic E-state index is -0.0568. The number of benzene rings is 4. The fourth-order valence-electron chi connectivity index (χ4n) is 8.03. The molecule has 2 heterocycles. The van der Waals surface area contributed by atoms with E-state index < -0.39 is 0 Å². The van der Waals surface area contributed by atoms with Crippen LogP contribution in [0.5, 0.6) is 0 Å². The fraction of sp³-hybridized carbons (Fsp3) is 0.109. The molecule has 8 rings (SSSR count). The van der Waals surface area contributed by atoms with Crippen LogP contribution in [0.1, 0.15) is 58.5 Å². The molecule has 0 amide bonds. The summed E-state index contributed by atoms with van der Waals surface area (Å²) in [6, 6.07) is 35.6. The minimum absolute atomic E-state index is 0.00850. The van der Waals surface area contributed by atoms with Crippen LogP contribution >= 0.6 is 0 Å². The van der Waals surface area contributed by atoms with Crippen LogP contribution in [0.25, 0.3) is 46.2 Å². The van der Waals surface area contributed by atoms with Gasteiger partial charge in [-0.1, -0.05) is 91.6 Å². The molecule has 0 radical (unpaired) electrons. The first-order chi connectivity index (χ1) is 25.1. The molecule has 3 aliphatic rings. The number of para-hydroxylation sites is 1. The average Bonchev–Trinajstić information content (AvgIpc) is 3.69. The van der Waals surface area contributed by atoms with Crippen molar-refractivity contribution in [3.63, 3.8) is 0 Å². The third-order valence-electron chi connectivity index (χ3n) is 10.2. The molecule has 1 aromatic heterocycles. The average molecular weight is 656 g/mol. The second kappa shape index (κ2) is 12.9.